The highest BCUT2D eigenvalue weighted by Gasteiger charge is 2.36. The van der Waals surface area contributed by atoms with Gasteiger partial charge in [-0.2, -0.15) is 5.10 Å². The molecule has 1 fully saturated rings. The van der Waals surface area contributed by atoms with Gasteiger partial charge in [-0.05, 0) is 29.6 Å². The Balaban J connectivity index is 1.38. The van der Waals surface area contributed by atoms with E-state index < -0.39 is 0 Å². The number of hydrogen-bond donors (Lipinski definition) is 0. The van der Waals surface area contributed by atoms with Crippen molar-refractivity contribution in [2.75, 3.05) is 45.9 Å². The number of benzene rings is 1. The van der Waals surface area contributed by atoms with Crippen LogP contribution in [0.25, 0.3) is 0 Å². The first-order valence-corrected chi connectivity index (χ1v) is 12.8. The van der Waals surface area contributed by atoms with Crippen LogP contribution in [0.15, 0.2) is 69.7 Å². The number of nitrogens with zero attached hydrogens (tertiary/aromatic N) is 4. The minimum atomic E-state index is -0.379. The van der Waals surface area contributed by atoms with E-state index in [0.717, 1.165) is 18.0 Å². The molecule has 5 rings (SSSR count). The van der Waals surface area contributed by atoms with Crippen LogP contribution >= 0.6 is 11.3 Å². The summed E-state index contributed by atoms with van der Waals surface area (Å²) in [5, 5.41) is 7.91. The number of hydrazone groups is 1. The normalized spacial score (nSPS) is 18.3. The fraction of sp³-hybridized carbons (Fsp3) is 0.346. The third-order valence-electron chi connectivity index (χ3n) is 6.36. The fourth-order valence-electron chi connectivity index (χ4n) is 4.43. The predicted octanol–water partition coefficient (Wildman–Crippen LogP) is 3.63. The lowest BCUT2D eigenvalue weighted by atomic mass is 10.0. The second-order valence-corrected chi connectivity index (χ2v) is 9.64. The molecule has 0 aliphatic carbocycles. The molecule has 0 radical (unpaired) electrons. The topological polar surface area (TPSA) is 78.6 Å². The molecule has 1 unspecified atom stereocenters. The first-order chi connectivity index (χ1) is 17.6. The maximum absolute atomic E-state index is 14.5. The molecular formula is C26H27FN4O4S. The van der Waals surface area contributed by atoms with Crippen LogP contribution in [-0.4, -0.2) is 78.3 Å². The van der Waals surface area contributed by atoms with Gasteiger partial charge >= 0.3 is 0 Å². The smallest absolute Gasteiger partial charge is 0.290 e. The van der Waals surface area contributed by atoms with Crippen molar-refractivity contribution in [3.8, 4) is 0 Å². The molecule has 0 N–H and O–H groups in total. The predicted molar refractivity (Wildman–Crippen MR) is 133 cm³/mol. The summed E-state index contributed by atoms with van der Waals surface area (Å²) in [7, 11) is 0. The number of amides is 2. The van der Waals surface area contributed by atoms with Crippen LogP contribution in [0.2, 0.25) is 0 Å². The Morgan fingerprint density at radius 3 is 2.67 bits per heavy atom. The fourth-order valence-corrected chi connectivity index (χ4v) is 5.24. The van der Waals surface area contributed by atoms with E-state index in [1.165, 1.54) is 33.6 Å². The molecule has 188 valence electrons. The second kappa shape index (κ2) is 11.2. The van der Waals surface area contributed by atoms with Crippen molar-refractivity contribution in [1.29, 1.82) is 0 Å². The summed E-state index contributed by atoms with van der Waals surface area (Å²) in [4.78, 5) is 31.5. The van der Waals surface area contributed by atoms with Crippen molar-refractivity contribution < 1.29 is 23.1 Å². The van der Waals surface area contributed by atoms with E-state index >= 15 is 0 Å². The Bertz CT molecular complexity index is 1210. The van der Waals surface area contributed by atoms with Crippen molar-refractivity contribution in [2.45, 2.75) is 12.5 Å². The Hall–Kier alpha value is -3.34. The lowest BCUT2D eigenvalue weighted by molar-refractivity contribution is -0.133. The summed E-state index contributed by atoms with van der Waals surface area (Å²) < 4.78 is 25.3. The van der Waals surface area contributed by atoms with Crippen LogP contribution in [0.3, 0.4) is 0 Å². The van der Waals surface area contributed by atoms with Crippen LogP contribution < -0.4 is 0 Å². The Kier molecular flexibility index (Phi) is 7.55. The minimum absolute atomic E-state index is 0.167. The van der Waals surface area contributed by atoms with E-state index in [1.54, 1.807) is 30.3 Å². The van der Waals surface area contributed by atoms with Gasteiger partial charge in [-0.3, -0.25) is 14.5 Å². The maximum atomic E-state index is 14.5. The van der Waals surface area contributed by atoms with Crippen molar-refractivity contribution >= 4 is 28.9 Å². The molecule has 2 aliphatic heterocycles. The third kappa shape index (κ3) is 5.40. The summed E-state index contributed by atoms with van der Waals surface area (Å²) in [6.07, 6.45) is 1.83. The zero-order chi connectivity index (χ0) is 24.9. The average molecular weight is 511 g/mol. The van der Waals surface area contributed by atoms with E-state index in [9.17, 15) is 14.0 Å². The van der Waals surface area contributed by atoms with Gasteiger partial charge in [-0.15, -0.1) is 11.3 Å². The average Bonchev–Trinajstić information content (AvgIpc) is 3.68. The lowest BCUT2D eigenvalue weighted by Gasteiger charge is -2.30. The molecule has 0 bridgehead atoms. The molecule has 0 spiro atoms. The van der Waals surface area contributed by atoms with Crippen LogP contribution in [0.4, 0.5) is 4.39 Å². The molecule has 1 aromatic carbocycles. The number of carbonyl (C=O) groups is 2. The zero-order valence-corrected chi connectivity index (χ0v) is 20.5. The summed E-state index contributed by atoms with van der Waals surface area (Å²) in [6.45, 7) is 3.65. The van der Waals surface area contributed by atoms with E-state index in [4.69, 9.17) is 9.15 Å². The van der Waals surface area contributed by atoms with Crippen molar-refractivity contribution in [3.05, 3.63) is 82.2 Å². The van der Waals surface area contributed by atoms with Crippen LogP contribution in [0, 0.1) is 5.82 Å². The number of carbonyl (C=O) groups excluding carboxylic acids is 2. The number of thiophene rings is 1. The highest BCUT2D eigenvalue weighted by atomic mass is 32.1. The van der Waals surface area contributed by atoms with E-state index in [2.05, 4.69) is 10.0 Å². The van der Waals surface area contributed by atoms with Gasteiger partial charge in [-0.1, -0.05) is 24.3 Å². The number of ether oxygens (including phenoxy) is 1. The van der Waals surface area contributed by atoms with Crippen molar-refractivity contribution in [2.24, 2.45) is 5.10 Å². The SMILES string of the molecule is O=C(c1ccco1)N(CCN1CCOCC1)CC(=O)N1N=C(c2ccccc2F)CC1c1cccs1. The molecule has 1 atom stereocenters. The Labute approximate surface area is 212 Å². The molecule has 2 amide bonds. The summed E-state index contributed by atoms with van der Waals surface area (Å²) in [5.41, 5.74) is 0.891. The van der Waals surface area contributed by atoms with Gasteiger partial charge in [0.05, 0.1) is 31.2 Å². The molecule has 0 saturated carbocycles. The summed E-state index contributed by atoms with van der Waals surface area (Å²) in [6, 6.07) is 13.2. The van der Waals surface area contributed by atoms with Gasteiger partial charge < -0.3 is 14.1 Å². The van der Waals surface area contributed by atoms with E-state index in [0.29, 0.717) is 44.0 Å². The minimum Gasteiger partial charge on any atom is -0.459 e. The summed E-state index contributed by atoms with van der Waals surface area (Å²) >= 11 is 1.52. The third-order valence-corrected chi connectivity index (χ3v) is 7.33. The Morgan fingerprint density at radius 2 is 1.94 bits per heavy atom. The molecule has 1 saturated heterocycles. The monoisotopic (exact) mass is 510 g/mol. The Morgan fingerprint density at radius 1 is 1.11 bits per heavy atom. The number of morpholine rings is 1. The van der Waals surface area contributed by atoms with Gasteiger partial charge in [-0.25, -0.2) is 9.40 Å². The molecule has 8 nitrogen and oxygen atoms in total. The number of hydrogen-bond acceptors (Lipinski definition) is 7. The number of furan rings is 1. The second-order valence-electron chi connectivity index (χ2n) is 8.66. The van der Waals surface area contributed by atoms with Gasteiger partial charge in [0.25, 0.3) is 11.8 Å². The molecule has 2 aromatic heterocycles. The van der Waals surface area contributed by atoms with Crippen molar-refractivity contribution in [1.82, 2.24) is 14.8 Å². The first-order valence-electron chi connectivity index (χ1n) is 11.9. The first kappa shape index (κ1) is 24.4. The standard InChI is InChI=1S/C26H27FN4O4S/c27-20-6-2-1-5-19(20)21-17-22(24-8-4-16-36-24)31(28-21)25(32)18-30(26(33)23-7-3-13-35-23)10-9-29-11-14-34-15-12-29/h1-8,13,16,22H,9-12,14-15,17-18H2. The quantitative estimate of drug-likeness (QED) is 0.463. The molecule has 10 heteroatoms. The van der Waals surface area contributed by atoms with Gasteiger partial charge in [0, 0.05) is 43.0 Å². The molecular weight excluding hydrogens is 483 g/mol. The van der Waals surface area contributed by atoms with Gasteiger partial charge in [0.2, 0.25) is 0 Å². The van der Waals surface area contributed by atoms with Crippen LogP contribution in [-0.2, 0) is 9.53 Å². The van der Waals surface area contributed by atoms with E-state index in [1.807, 2.05) is 17.5 Å². The highest BCUT2D eigenvalue weighted by molar-refractivity contribution is 7.10. The zero-order valence-electron chi connectivity index (χ0n) is 19.7. The lowest BCUT2D eigenvalue weighted by Crippen LogP contribution is -2.46. The number of rotatable bonds is 8. The largest absolute Gasteiger partial charge is 0.459 e. The molecule has 4 heterocycles. The van der Waals surface area contributed by atoms with Crippen molar-refractivity contribution in [3.63, 3.8) is 0 Å². The van der Waals surface area contributed by atoms with Crippen LogP contribution in [0.1, 0.15) is 33.5 Å². The highest BCUT2D eigenvalue weighted by Crippen LogP contribution is 2.35. The molecule has 2 aliphatic rings. The van der Waals surface area contributed by atoms with E-state index in [-0.39, 0.29) is 36.0 Å². The number of halogens is 1. The molecule has 3 aromatic rings. The summed E-state index contributed by atoms with van der Waals surface area (Å²) in [5.74, 6) is -0.888. The maximum Gasteiger partial charge on any atom is 0.290 e. The van der Waals surface area contributed by atoms with Crippen LogP contribution in [0.5, 0.6) is 0 Å². The van der Waals surface area contributed by atoms with Gasteiger partial charge in [0.15, 0.2) is 5.76 Å². The van der Waals surface area contributed by atoms with Gasteiger partial charge in [0.1, 0.15) is 12.4 Å². The molecule has 36 heavy (non-hydrogen) atoms.